The molecular weight excluding hydrogens is 337 g/mol. The third kappa shape index (κ3) is 3.61. The van der Waals surface area contributed by atoms with E-state index >= 15 is 0 Å². The van der Waals surface area contributed by atoms with Gasteiger partial charge in [0.05, 0.1) is 15.7 Å². The first-order valence-electron chi connectivity index (χ1n) is 6.50. The highest BCUT2D eigenvalue weighted by Crippen LogP contribution is 2.27. The van der Waals surface area contributed by atoms with Crippen molar-refractivity contribution >= 4 is 34.9 Å². The molecule has 0 unspecified atom stereocenters. The largest absolute Gasteiger partial charge is 0.304 e. The Kier molecular flexibility index (Phi) is 4.45. The van der Waals surface area contributed by atoms with Gasteiger partial charge in [-0.2, -0.15) is 5.10 Å². The normalized spacial score (nSPS) is 10.3. The number of aromatic nitrogens is 4. The van der Waals surface area contributed by atoms with Gasteiger partial charge in [0.15, 0.2) is 5.82 Å². The van der Waals surface area contributed by atoms with E-state index in [0.29, 0.717) is 21.6 Å². The van der Waals surface area contributed by atoms with Crippen LogP contribution in [0.3, 0.4) is 0 Å². The zero-order valence-electron chi connectivity index (χ0n) is 11.6. The fraction of sp³-hybridized carbons (Fsp3) is 0. The first-order chi connectivity index (χ1) is 11.1. The van der Waals surface area contributed by atoms with Gasteiger partial charge in [0, 0.05) is 11.8 Å². The molecule has 2 heterocycles. The van der Waals surface area contributed by atoms with Gasteiger partial charge in [-0.05, 0) is 30.3 Å². The van der Waals surface area contributed by atoms with Crippen molar-refractivity contribution in [2.24, 2.45) is 0 Å². The Morgan fingerprint density at radius 3 is 2.65 bits per heavy atom. The summed E-state index contributed by atoms with van der Waals surface area (Å²) in [6.07, 6.45) is 2.83. The van der Waals surface area contributed by atoms with Crippen LogP contribution < -0.4 is 5.32 Å². The Bertz CT molecular complexity index is 857. The van der Waals surface area contributed by atoms with Gasteiger partial charge in [-0.3, -0.25) is 4.79 Å². The number of anilines is 1. The maximum absolute atomic E-state index is 12.2. The fourth-order valence-electron chi connectivity index (χ4n) is 1.84. The van der Waals surface area contributed by atoms with E-state index in [1.807, 2.05) is 0 Å². The van der Waals surface area contributed by atoms with E-state index in [1.165, 1.54) is 12.5 Å². The van der Waals surface area contributed by atoms with Gasteiger partial charge in [0.25, 0.3) is 5.91 Å². The quantitative estimate of drug-likeness (QED) is 0.785. The van der Waals surface area contributed by atoms with Crippen molar-refractivity contribution < 1.29 is 4.79 Å². The van der Waals surface area contributed by atoms with Crippen LogP contribution in [0.2, 0.25) is 10.0 Å². The standard InChI is InChI=1S/C15H9Cl2N5O/c16-10-4-3-9(6-11(10)17)12-7-13(19-8-18-12)15(23)21-14-2-1-5-20-22-14/h1-8H,(H,21,22,23). The number of carbonyl (C=O) groups is 1. The topological polar surface area (TPSA) is 80.7 Å². The lowest BCUT2D eigenvalue weighted by Gasteiger charge is -2.06. The van der Waals surface area contributed by atoms with Crippen LogP contribution in [0.4, 0.5) is 5.82 Å². The van der Waals surface area contributed by atoms with Crippen LogP contribution in [0.1, 0.15) is 10.5 Å². The molecule has 8 heteroatoms. The number of hydrogen-bond donors (Lipinski definition) is 1. The molecule has 1 N–H and O–H groups in total. The highest BCUT2D eigenvalue weighted by molar-refractivity contribution is 6.42. The van der Waals surface area contributed by atoms with Gasteiger partial charge in [-0.25, -0.2) is 9.97 Å². The molecule has 2 aromatic heterocycles. The molecule has 6 nitrogen and oxygen atoms in total. The summed E-state index contributed by atoms with van der Waals surface area (Å²) in [4.78, 5) is 20.3. The van der Waals surface area contributed by atoms with Crippen LogP contribution in [0.15, 0.2) is 48.9 Å². The zero-order valence-corrected chi connectivity index (χ0v) is 13.1. The Balaban J connectivity index is 1.87. The summed E-state index contributed by atoms with van der Waals surface area (Å²) in [6.45, 7) is 0. The summed E-state index contributed by atoms with van der Waals surface area (Å²) in [6, 6.07) is 9.97. The SMILES string of the molecule is O=C(Nc1cccnn1)c1cc(-c2ccc(Cl)c(Cl)c2)ncn1. The van der Waals surface area contributed by atoms with E-state index in [1.54, 1.807) is 36.4 Å². The lowest BCUT2D eigenvalue weighted by molar-refractivity contribution is 0.102. The second kappa shape index (κ2) is 6.68. The van der Waals surface area contributed by atoms with Gasteiger partial charge in [0.1, 0.15) is 12.0 Å². The number of nitrogens with zero attached hydrogens (tertiary/aromatic N) is 4. The first-order valence-corrected chi connectivity index (χ1v) is 7.25. The minimum atomic E-state index is -0.408. The predicted molar refractivity (Wildman–Crippen MR) is 87.5 cm³/mol. The molecule has 0 saturated carbocycles. The molecule has 0 aliphatic heterocycles. The van der Waals surface area contributed by atoms with E-state index < -0.39 is 5.91 Å². The zero-order chi connectivity index (χ0) is 16.2. The monoisotopic (exact) mass is 345 g/mol. The minimum absolute atomic E-state index is 0.201. The molecule has 0 fully saturated rings. The van der Waals surface area contributed by atoms with Crippen molar-refractivity contribution in [3.8, 4) is 11.3 Å². The van der Waals surface area contributed by atoms with Crippen LogP contribution in [0.5, 0.6) is 0 Å². The van der Waals surface area contributed by atoms with Crippen molar-refractivity contribution in [1.82, 2.24) is 20.2 Å². The molecule has 3 aromatic rings. The maximum atomic E-state index is 12.2. The molecule has 1 amide bonds. The Morgan fingerprint density at radius 1 is 1.04 bits per heavy atom. The summed E-state index contributed by atoms with van der Waals surface area (Å²) in [5.74, 6) is -0.0681. The molecule has 0 radical (unpaired) electrons. The smallest absolute Gasteiger partial charge is 0.275 e. The van der Waals surface area contributed by atoms with Crippen molar-refractivity contribution in [3.05, 3.63) is 64.7 Å². The summed E-state index contributed by atoms with van der Waals surface area (Å²) >= 11 is 11.9. The van der Waals surface area contributed by atoms with Gasteiger partial charge in [-0.15, -0.1) is 5.10 Å². The van der Waals surface area contributed by atoms with Crippen LogP contribution >= 0.6 is 23.2 Å². The number of benzene rings is 1. The van der Waals surface area contributed by atoms with E-state index in [0.717, 1.165) is 5.56 Å². The van der Waals surface area contributed by atoms with Crippen molar-refractivity contribution in [2.45, 2.75) is 0 Å². The van der Waals surface area contributed by atoms with Crippen LogP contribution in [-0.4, -0.2) is 26.1 Å². The number of rotatable bonds is 3. The lowest BCUT2D eigenvalue weighted by atomic mass is 10.1. The molecule has 0 aliphatic carbocycles. The Morgan fingerprint density at radius 2 is 1.91 bits per heavy atom. The second-order valence-corrected chi connectivity index (χ2v) is 5.29. The molecule has 0 bridgehead atoms. The third-order valence-corrected chi connectivity index (χ3v) is 3.67. The van der Waals surface area contributed by atoms with Gasteiger partial charge in [0.2, 0.25) is 0 Å². The number of halogens is 2. The van der Waals surface area contributed by atoms with Gasteiger partial charge in [-0.1, -0.05) is 29.3 Å². The lowest BCUT2D eigenvalue weighted by Crippen LogP contribution is -2.15. The molecular formula is C15H9Cl2N5O. The number of nitrogens with one attached hydrogen (secondary N) is 1. The number of hydrogen-bond acceptors (Lipinski definition) is 5. The highest BCUT2D eigenvalue weighted by atomic mass is 35.5. The second-order valence-electron chi connectivity index (χ2n) is 4.48. The van der Waals surface area contributed by atoms with Gasteiger partial charge < -0.3 is 5.32 Å². The van der Waals surface area contributed by atoms with Crippen molar-refractivity contribution in [3.63, 3.8) is 0 Å². The highest BCUT2D eigenvalue weighted by Gasteiger charge is 2.11. The van der Waals surface area contributed by atoms with Gasteiger partial charge >= 0.3 is 0 Å². The van der Waals surface area contributed by atoms with Crippen LogP contribution in [0.25, 0.3) is 11.3 Å². The Labute approximate surface area is 141 Å². The molecule has 23 heavy (non-hydrogen) atoms. The third-order valence-electron chi connectivity index (χ3n) is 2.93. The fourth-order valence-corrected chi connectivity index (χ4v) is 2.14. The molecule has 3 rings (SSSR count). The van der Waals surface area contributed by atoms with E-state index in [4.69, 9.17) is 23.2 Å². The number of carbonyl (C=O) groups excluding carboxylic acids is 1. The minimum Gasteiger partial charge on any atom is -0.304 e. The van der Waals surface area contributed by atoms with Crippen molar-refractivity contribution in [2.75, 3.05) is 5.32 Å². The summed E-state index contributed by atoms with van der Waals surface area (Å²) in [5, 5.41) is 10.9. The molecule has 1 aromatic carbocycles. The molecule has 0 atom stereocenters. The average molecular weight is 346 g/mol. The Hall–Kier alpha value is -2.57. The van der Waals surface area contributed by atoms with E-state index in [9.17, 15) is 4.79 Å². The molecule has 0 saturated heterocycles. The molecule has 0 spiro atoms. The number of amides is 1. The molecule has 0 aliphatic rings. The average Bonchev–Trinajstić information content (AvgIpc) is 2.58. The van der Waals surface area contributed by atoms with Crippen LogP contribution in [0, 0.1) is 0 Å². The predicted octanol–water partition coefficient (Wildman–Crippen LogP) is 3.49. The summed E-state index contributed by atoms with van der Waals surface area (Å²) in [5.41, 5.74) is 1.49. The van der Waals surface area contributed by atoms with Crippen LogP contribution in [-0.2, 0) is 0 Å². The first kappa shape index (κ1) is 15.3. The van der Waals surface area contributed by atoms with E-state index in [2.05, 4.69) is 25.5 Å². The van der Waals surface area contributed by atoms with Crippen molar-refractivity contribution in [1.29, 1.82) is 0 Å². The summed E-state index contributed by atoms with van der Waals surface area (Å²) in [7, 11) is 0. The maximum Gasteiger partial charge on any atom is 0.275 e. The molecule has 114 valence electrons. The summed E-state index contributed by atoms with van der Waals surface area (Å²) < 4.78 is 0. The van der Waals surface area contributed by atoms with E-state index in [-0.39, 0.29) is 5.69 Å².